The van der Waals surface area contributed by atoms with Gasteiger partial charge < -0.3 is 15.5 Å². The average molecular weight is 143 g/mol. The lowest BCUT2D eigenvalue weighted by molar-refractivity contribution is 0.101. The first-order valence-electron chi connectivity index (χ1n) is 3.89. The first-order chi connectivity index (χ1) is 4.77. The van der Waals surface area contributed by atoms with Gasteiger partial charge in [0.25, 0.3) is 0 Å². The molecule has 0 aromatic carbocycles. The molecule has 0 amide bonds. The van der Waals surface area contributed by atoms with E-state index >= 15 is 0 Å². The highest BCUT2D eigenvalue weighted by atomic mass is 16.3. The van der Waals surface area contributed by atoms with Crippen molar-refractivity contribution in [2.45, 2.75) is 43.6 Å². The quantitative estimate of drug-likeness (QED) is 0.417. The van der Waals surface area contributed by atoms with Crippen LogP contribution in [-0.2, 0) is 0 Å². The Bertz CT molecular complexity index is 138. The summed E-state index contributed by atoms with van der Waals surface area (Å²) in [7, 11) is 0. The van der Waals surface area contributed by atoms with E-state index in [0.717, 1.165) is 19.3 Å². The molecular formula is C7H13NO2. The molecule has 3 nitrogen and oxygen atoms in total. The van der Waals surface area contributed by atoms with Crippen LogP contribution in [0.2, 0.25) is 0 Å². The minimum absolute atomic E-state index is 0.161. The van der Waals surface area contributed by atoms with E-state index in [1.165, 1.54) is 0 Å². The molecule has 3 N–H and O–H groups in total. The molecule has 4 atom stereocenters. The summed E-state index contributed by atoms with van der Waals surface area (Å²) in [6.07, 6.45) is 2.04. The van der Waals surface area contributed by atoms with Gasteiger partial charge in [0.1, 0.15) is 0 Å². The molecule has 10 heavy (non-hydrogen) atoms. The molecule has 2 aliphatic rings. The second kappa shape index (κ2) is 2.19. The third-order valence-corrected chi connectivity index (χ3v) is 2.63. The van der Waals surface area contributed by atoms with Crippen molar-refractivity contribution in [2.75, 3.05) is 0 Å². The van der Waals surface area contributed by atoms with Gasteiger partial charge in [-0.1, -0.05) is 0 Å². The van der Waals surface area contributed by atoms with Crippen LogP contribution in [0.4, 0.5) is 0 Å². The topological polar surface area (TPSA) is 52.5 Å². The van der Waals surface area contributed by atoms with E-state index in [9.17, 15) is 10.2 Å². The zero-order chi connectivity index (χ0) is 7.14. The van der Waals surface area contributed by atoms with Gasteiger partial charge >= 0.3 is 0 Å². The summed E-state index contributed by atoms with van der Waals surface area (Å²) in [5.41, 5.74) is 0. The fourth-order valence-electron chi connectivity index (χ4n) is 1.97. The monoisotopic (exact) mass is 143 g/mol. The molecule has 2 heterocycles. The van der Waals surface area contributed by atoms with Crippen molar-refractivity contribution in [1.82, 2.24) is 5.32 Å². The van der Waals surface area contributed by atoms with Crippen molar-refractivity contribution >= 4 is 0 Å². The predicted octanol–water partition coefficient (Wildman–Crippen LogP) is -0.768. The van der Waals surface area contributed by atoms with Crippen LogP contribution in [0.5, 0.6) is 0 Å². The molecule has 0 aromatic heterocycles. The first-order valence-corrected chi connectivity index (χ1v) is 3.89. The van der Waals surface area contributed by atoms with E-state index in [4.69, 9.17) is 0 Å². The summed E-state index contributed by atoms with van der Waals surface area (Å²) < 4.78 is 0. The third kappa shape index (κ3) is 0.856. The molecule has 2 rings (SSSR count). The number of aliphatic hydroxyl groups excluding tert-OH is 2. The lowest BCUT2D eigenvalue weighted by atomic mass is 10.0. The van der Waals surface area contributed by atoms with Gasteiger partial charge in [-0.2, -0.15) is 0 Å². The Hall–Kier alpha value is -0.120. The van der Waals surface area contributed by atoms with Crippen molar-refractivity contribution in [1.29, 1.82) is 0 Å². The van der Waals surface area contributed by atoms with E-state index in [1.807, 2.05) is 0 Å². The van der Waals surface area contributed by atoms with Gasteiger partial charge in [0.05, 0.1) is 12.2 Å². The van der Waals surface area contributed by atoms with Gasteiger partial charge in [-0.15, -0.1) is 0 Å². The molecule has 0 saturated carbocycles. The van der Waals surface area contributed by atoms with Crippen LogP contribution < -0.4 is 5.32 Å². The van der Waals surface area contributed by atoms with Crippen LogP contribution in [0, 0.1) is 0 Å². The number of aliphatic hydroxyl groups is 2. The van der Waals surface area contributed by atoms with Gasteiger partial charge in [-0.3, -0.25) is 0 Å². The zero-order valence-electron chi connectivity index (χ0n) is 5.83. The largest absolute Gasteiger partial charge is 0.392 e. The second-order valence-corrected chi connectivity index (χ2v) is 3.33. The summed E-state index contributed by atoms with van der Waals surface area (Å²) in [6.45, 7) is 0. The molecular weight excluding hydrogens is 130 g/mol. The molecule has 58 valence electrons. The van der Waals surface area contributed by atoms with Crippen molar-refractivity contribution < 1.29 is 10.2 Å². The number of fused-ring (bicyclic) bond motifs is 2. The smallest absolute Gasteiger partial charge is 0.0709 e. The SMILES string of the molecule is O[C@@H]1C[C@@H]2N[C@H]1CC[C@H]2O. The van der Waals surface area contributed by atoms with Crippen LogP contribution in [0.25, 0.3) is 0 Å². The van der Waals surface area contributed by atoms with Crippen molar-refractivity contribution in [3.63, 3.8) is 0 Å². The minimum atomic E-state index is -0.228. The molecule has 2 saturated heterocycles. The van der Waals surface area contributed by atoms with E-state index in [-0.39, 0.29) is 24.3 Å². The summed E-state index contributed by atoms with van der Waals surface area (Å²) in [5.74, 6) is 0. The predicted molar refractivity (Wildman–Crippen MR) is 36.6 cm³/mol. The summed E-state index contributed by atoms with van der Waals surface area (Å²) in [6, 6.07) is 0.419. The van der Waals surface area contributed by atoms with Crippen LogP contribution >= 0.6 is 0 Å². The normalized spacial score (nSPS) is 53.4. The molecule has 2 fully saturated rings. The van der Waals surface area contributed by atoms with Crippen LogP contribution in [-0.4, -0.2) is 34.5 Å². The van der Waals surface area contributed by atoms with E-state index < -0.39 is 0 Å². The van der Waals surface area contributed by atoms with Gasteiger partial charge in [0.15, 0.2) is 0 Å². The Balaban J connectivity index is 2.08. The lowest BCUT2D eigenvalue weighted by Crippen LogP contribution is -2.44. The average Bonchev–Trinajstić information content (AvgIpc) is 2.21. The number of rotatable bonds is 0. The molecule has 2 bridgehead atoms. The highest BCUT2D eigenvalue weighted by Gasteiger charge is 2.39. The maximum Gasteiger partial charge on any atom is 0.0709 e. The highest BCUT2D eigenvalue weighted by Crippen LogP contribution is 2.26. The fourth-order valence-corrected chi connectivity index (χ4v) is 1.97. The third-order valence-electron chi connectivity index (χ3n) is 2.63. The maximum absolute atomic E-state index is 9.34. The Kier molecular flexibility index (Phi) is 1.44. The van der Waals surface area contributed by atoms with E-state index in [2.05, 4.69) is 5.32 Å². The fraction of sp³-hybridized carbons (Fsp3) is 1.00. The van der Waals surface area contributed by atoms with Crippen molar-refractivity contribution in [2.24, 2.45) is 0 Å². The zero-order valence-corrected chi connectivity index (χ0v) is 5.83. The number of hydrogen-bond donors (Lipinski definition) is 3. The Morgan fingerprint density at radius 3 is 2.50 bits per heavy atom. The van der Waals surface area contributed by atoms with Gasteiger partial charge in [-0.25, -0.2) is 0 Å². The number of nitrogens with one attached hydrogen (secondary N) is 1. The number of hydrogen-bond acceptors (Lipinski definition) is 3. The Labute approximate surface area is 60.1 Å². The van der Waals surface area contributed by atoms with E-state index in [0.29, 0.717) is 0 Å². The molecule has 3 heteroatoms. The standard InChI is InChI=1S/C7H13NO2/c9-6-2-1-4-7(10)3-5(6)8-4/h4-10H,1-3H2/t4-,5-,6+,7+/m0/s1. The second-order valence-electron chi connectivity index (χ2n) is 3.33. The van der Waals surface area contributed by atoms with Crippen molar-refractivity contribution in [3.05, 3.63) is 0 Å². The van der Waals surface area contributed by atoms with Gasteiger partial charge in [0, 0.05) is 12.1 Å². The lowest BCUT2D eigenvalue weighted by Gasteiger charge is -2.25. The van der Waals surface area contributed by atoms with Crippen LogP contribution in [0.3, 0.4) is 0 Å². The Morgan fingerprint density at radius 2 is 1.80 bits per heavy atom. The minimum Gasteiger partial charge on any atom is -0.392 e. The van der Waals surface area contributed by atoms with Crippen molar-refractivity contribution in [3.8, 4) is 0 Å². The Morgan fingerprint density at radius 1 is 1.00 bits per heavy atom. The van der Waals surface area contributed by atoms with E-state index in [1.54, 1.807) is 0 Å². The summed E-state index contributed by atoms with van der Waals surface area (Å²) in [5, 5.41) is 21.9. The summed E-state index contributed by atoms with van der Waals surface area (Å²) in [4.78, 5) is 0. The molecule has 0 radical (unpaired) electrons. The van der Waals surface area contributed by atoms with Crippen LogP contribution in [0.1, 0.15) is 19.3 Å². The molecule has 2 aliphatic heterocycles. The molecule has 0 spiro atoms. The molecule has 0 aliphatic carbocycles. The highest BCUT2D eigenvalue weighted by molar-refractivity contribution is 4.98. The molecule has 0 aromatic rings. The van der Waals surface area contributed by atoms with Gasteiger partial charge in [-0.05, 0) is 19.3 Å². The maximum atomic E-state index is 9.34. The summed E-state index contributed by atoms with van der Waals surface area (Å²) >= 11 is 0. The number of piperidine rings is 1. The van der Waals surface area contributed by atoms with Gasteiger partial charge in [0.2, 0.25) is 0 Å². The molecule has 0 unspecified atom stereocenters. The van der Waals surface area contributed by atoms with Crippen LogP contribution in [0.15, 0.2) is 0 Å². The first kappa shape index (κ1) is 6.58.